The first kappa shape index (κ1) is 59.3. The summed E-state index contributed by atoms with van der Waals surface area (Å²) in [6.07, 6.45) is 72.8. The van der Waals surface area contributed by atoms with Crippen molar-refractivity contribution in [1.82, 2.24) is 0 Å². The molecular formula is C58H88O6. The van der Waals surface area contributed by atoms with Crippen LogP contribution in [0.5, 0.6) is 0 Å². The summed E-state index contributed by atoms with van der Waals surface area (Å²) in [5.74, 6) is -1.11. The van der Waals surface area contributed by atoms with E-state index >= 15 is 0 Å². The van der Waals surface area contributed by atoms with Gasteiger partial charge in [-0.1, -0.05) is 192 Å². The summed E-state index contributed by atoms with van der Waals surface area (Å²) in [6, 6.07) is 0. The Kier molecular flexibility index (Phi) is 47.2. The summed E-state index contributed by atoms with van der Waals surface area (Å²) in [5, 5.41) is 0. The van der Waals surface area contributed by atoms with Crippen LogP contribution in [-0.2, 0) is 28.6 Å². The summed E-state index contributed by atoms with van der Waals surface area (Å²) >= 11 is 0. The Labute approximate surface area is 391 Å². The van der Waals surface area contributed by atoms with Crippen molar-refractivity contribution in [2.24, 2.45) is 0 Å². The van der Waals surface area contributed by atoms with E-state index in [2.05, 4.69) is 154 Å². The fraction of sp³-hybridized carbons (Fsp3) is 0.534. The smallest absolute Gasteiger partial charge is 0.306 e. The van der Waals surface area contributed by atoms with Crippen LogP contribution in [0.15, 0.2) is 146 Å². The molecular weight excluding hydrogens is 793 g/mol. The maximum atomic E-state index is 12.8. The number of hydrogen-bond acceptors (Lipinski definition) is 6. The van der Waals surface area contributed by atoms with Crippen molar-refractivity contribution in [2.75, 3.05) is 13.2 Å². The molecule has 6 heteroatoms. The zero-order chi connectivity index (χ0) is 46.5. The molecule has 0 aliphatic rings. The summed E-state index contributed by atoms with van der Waals surface area (Å²) in [4.78, 5) is 37.8. The molecule has 0 radical (unpaired) electrons. The van der Waals surface area contributed by atoms with Crippen molar-refractivity contribution in [1.29, 1.82) is 0 Å². The largest absolute Gasteiger partial charge is 0.462 e. The van der Waals surface area contributed by atoms with Crippen LogP contribution in [0.1, 0.15) is 181 Å². The molecule has 0 aromatic rings. The molecule has 356 valence electrons. The molecule has 0 aromatic heterocycles. The molecule has 0 spiro atoms. The van der Waals surface area contributed by atoms with Crippen molar-refractivity contribution in [3.8, 4) is 0 Å². The van der Waals surface area contributed by atoms with Crippen molar-refractivity contribution in [2.45, 2.75) is 187 Å². The molecule has 6 nitrogen and oxygen atoms in total. The average Bonchev–Trinajstić information content (AvgIpc) is 3.29. The Bertz CT molecular complexity index is 1480. The Morgan fingerprint density at radius 2 is 0.656 bits per heavy atom. The van der Waals surface area contributed by atoms with Crippen molar-refractivity contribution in [3.05, 3.63) is 146 Å². The van der Waals surface area contributed by atoms with Gasteiger partial charge in [-0.15, -0.1) is 0 Å². The molecule has 0 rings (SSSR count). The highest BCUT2D eigenvalue weighted by Gasteiger charge is 2.19. The molecule has 0 bridgehead atoms. The quantitative estimate of drug-likeness (QED) is 0.0263. The Balaban J connectivity index is 4.61. The van der Waals surface area contributed by atoms with Gasteiger partial charge in [0.2, 0.25) is 0 Å². The number of ether oxygens (including phenoxy) is 3. The molecule has 0 saturated carbocycles. The third-order valence-electron chi connectivity index (χ3n) is 9.57. The predicted molar refractivity (Wildman–Crippen MR) is 274 cm³/mol. The van der Waals surface area contributed by atoms with Gasteiger partial charge in [-0.3, -0.25) is 14.4 Å². The van der Waals surface area contributed by atoms with Gasteiger partial charge in [-0.05, 0) is 116 Å². The molecule has 0 N–H and O–H groups in total. The van der Waals surface area contributed by atoms with Crippen LogP contribution in [0.3, 0.4) is 0 Å². The van der Waals surface area contributed by atoms with Gasteiger partial charge in [0, 0.05) is 19.3 Å². The first-order valence-corrected chi connectivity index (χ1v) is 24.8. The Hall–Kier alpha value is -4.71. The van der Waals surface area contributed by atoms with E-state index in [1.54, 1.807) is 0 Å². The summed E-state index contributed by atoms with van der Waals surface area (Å²) in [7, 11) is 0. The van der Waals surface area contributed by atoms with Gasteiger partial charge < -0.3 is 14.2 Å². The van der Waals surface area contributed by atoms with Gasteiger partial charge in [0.25, 0.3) is 0 Å². The lowest BCUT2D eigenvalue weighted by Crippen LogP contribution is -2.30. The highest BCUT2D eigenvalue weighted by atomic mass is 16.6. The lowest BCUT2D eigenvalue weighted by atomic mass is 10.1. The van der Waals surface area contributed by atoms with Gasteiger partial charge in [-0.25, -0.2) is 0 Å². The topological polar surface area (TPSA) is 78.9 Å². The predicted octanol–water partition coefficient (Wildman–Crippen LogP) is 16.5. The molecule has 1 unspecified atom stereocenters. The van der Waals surface area contributed by atoms with Crippen LogP contribution in [0, 0.1) is 0 Å². The van der Waals surface area contributed by atoms with E-state index in [9.17, 15) is 14.4 Å². The van der Waals surface area contributed by atoms with Crippen molar-refractivity contribution in [3.63, 3.8) is 0 Å². The summed E-state index contributed by atoms with van der Waals surface area (Å²) < 4.78 is 16.6. The first-order valence-electron chi connectivity index (χ1n) is 24.8. The molecule has 0 aliphatic heterocycles. The van der Waals surface area contributed by atoms with Crippen LogP contribution in [-0.4, -0.2) is 37.2 Å². The van der Waals surface area contributed by atoms with Crippen molar-refractivity contribution < 1.29 is 28.6 Å². The third-order valence-corrected chi connectivity index (χ3v) is 9.57. The number of allylic oxidation sites excluding steroid dienone is 24. The maximum Gasteiger partial charge on any atom is 0.306 e. The second kappa shape index (κ2) is 50.9. The minimum atomic E-state index is -0.848. The maximum absolute atomic E-state index is 12.8. The van der Waals surface area contributed by atoms with Crippen molar-refractivity contribution >= 4 is 17.9 Å². The molecule has 0 aliphatic carbocycles. The summed E-state index contributed by atoms with van der Waals surface area (Å²) in [6.45, 7) is 6.20. The molecule has 0 saturated heterocycles. The number of hydrogen-bond donors (Lipinski definition) is 0. The lowest BCUT2D eigenvalue weighted by molar-refractivity contribution is -0.166. The second-order valence-corrected chi connectivity index (χ2v) is 15.6. The number of carbonyl (C=O) groups excluding carboxylic acids is 3. The van der Waals surface area contributed by atoms with E-state index in [1.807, 2.05) is 12.2 Å². The highest BCUT2D eigenvalue weighted by molar-refractivity contribution is 5.71. The SMILES string of the molecule is CC/C=C\C/C=C\C/C=C\C/C=C\C/C=C\C/C=C\CCC(=O)OCC(COC(=O)CCCCCC/C=C\CCCC)OC(=O)CCC/C=C\C/C=C\C/C=C\C/C=C\C/C=C\CC. The van der Waals surface area contributed by atoms with Gasteiger partial charge in [0.15, 0.2) is 6.10 Å². The van der Waals surface area contributed by atoms with Gasteiger partial charge >= 0.3 is 17.9 Å². The molecule has 0 aromatic carbocycles. The van der Waals surface area contributed by atoms with E-state index < -0.39 is 12.1 Å². The summed E-state index contributed by atoms with van der Waals surface area (Å²) in [5.41, 5.74) is 0. The van der Waals surface area contributed by atoms with E-state index in [0.717, 1.165) is 116 Å². The minimum Gasteiger partial charge on any atom is -0.462 e. The van der Waals surface area contributed by atoms with Gasteiger partial charge in [-0.2, -0.15) is 0 Å². The third kappa shape index (κ3) is 48.3. The van der Waals surface area contributed by atoms with Crippen LogP contribution < -0.4 is 0 Å². The Morgan fingerprint density at radius 1 is 0.328 bits per heavy atom. The normalized spacial score (nSPS) is 13.4. The molecule has 0 heterocycles. The molecule has 1 atom stereocenters. The van der Waals surface area contributed by atoms with E-state index in [1.165, 1.54) is 12.8 Å². The Morgan fingerprint density at radius 3 is 1.09 bits per heavy atom. The second-order valence-electron chi connectivity index (χ2n) is 15.6. The fourth-order valence-corrected chi connectivity index (χ4v) is 5.89. The monoisotopic (exact) mass is 881 g/mol. The van der Waals surface area contributed by atoms with E-state index in [-0.39, 0.29) is 38.0 Å². The number of rotatable bonds is 42. The number of carbonyl (C=O) groups is 3. The molecule has 0 fully saturated rings. The zero-order valence-corrected chi connectivity index (χ0v) is 40.5. The molecule has 0 amide bonds. The van der Waals surface area contributed by atoms with E-state index in [4.69, 9.17) is 14.2 Å². The minimum absolute atomic E-state index is 0.137. The number of esters is 3. The first-order chi connectivity index (χ1) is 31.5. The lowest BCUT2D eigenvalue weighted by Gasteiger charge is -2.18. The number of unbranched alkanes of at least 4 members (excludes halogenated alkanes) is 7. The highest BCUT2D eigenvalue weighted by Crippen LogP contribution is 2.10. The van der Waals surface area contributed by atoms with Gasteiger partial charge in [0.1, 0.15) is 13.2 Å². The zero-order valence-electron chi connectivity index (χ0n) is 40.5. The van der Waals surface area contributed by atoms with Crippen LogP contribution >= 0.6 is 0 Å². The standard InChI is InChI=1S/C58H88O6/c1-4-7-10-13-16-19-22-24-26-28-29-31-32-34-36-39-42-45-48-51-57(60)63-54-55(53-62-56(59)50-47-44-41-38-21-18-15-12-9-6-3)64-58(61)52-49-46-43-40-37-35-33-30-27-25-23-20-17-14-11-8-5-2/h7-8,10-11,15-20,24-27,29,31,33-36,40,42-43,45,55H,4-6,9,12-14,21-23,28,30,32,37-39,41,44,46-54H2,1-3H3/b10-7-,11-8-,18-15-,19-16-,20-17-,26-24-,27-25-,31-29-,35-33-,36-34-,43-40-,45-42-. The van der Waals surface area contributed by atoms with Gasteiger partial charge in [0.05, 0.1) is 0 Å². The van der Waals surface area contributed by atoms with Crippen LogP contribution in [0.25, 0.3) is 0 Å². The average molecular weight is 881 g/mol. The van der Waals surface area contributed by atoms with Crippen LogP contribution in [0.2, 0.25) is 0 Å². The molecule has 64 heavy (non-hydrogen) atoms. The van der Waals surface area contributed by atoms with Crippen LogP contribution in [0.4, 0.5) is 0 Å². The fourth-order valence-electron chi connectivity index (χ4n) is 5.89. The van der Waals surface area contributed by atoms with E-state index in [0.29, 0.717) is 19.3 Å².